The summed E-state index contributed by atoms with van der Waals surface area (Å²) in [5.74, 6) is -1.08. The van der Waals surface area contributed by atoms with Gasteiger partial charge >= 0.3 is 11.7 Å². The van der Waals surface area contributed by atoms with Gasteiger partial charge in [-0.2, -0.15) is 0 Å². The minimum atomic E-state index is -1.10. The van der Waals surface area contributed by atoms with E-state index >= 15 is 0 Å². The monoisotopic (exact) mass is 377 g/mol. The third-order valence-corrected chi connectivity index (χ3v) is 5.16. The molecule has 1 saturated carbocycles. The summed E-state index contributed by atoms with van der Waals surface area (Å²) in [5, 5.41) is 2.72. The van der Waals surface area contributed by atoms with E-state index < -0.39 is 35.2 Å². The lowest BCUT2D eigenvalue weighted by atomic mass is 9.81. The van der Waals surface area contributed by atoms with E-state index in [1.807, 2.05) is 0 Å². The smallest absolute Gasteiger partial charge is 0.332 e. The molecule has 0 aromatic carbocycles. The van der Waals surface area contributed by atoms with Crippen LogP contribution < -0.4 is 16.6 Å². The molecule has 0 atom stereocenters. The first-order chi connectivity index (χ1) is 12.8. The molecule has 146 valence electrons. The van der Waals surface area contributed by atoms with Crippen molar-refractivity contribution in [1.82, 2.24) is 24.0 Å². The highest BCUT2D eigenvalue weighted by Gasteiger charge is 2.42. The van der Waals surface area contributed by atoms with Gasteiger partial charge in [0, 0.05) is 14.1 Å². The summed E-state index contributed by atoms with van der Waals surface area (Å²) in [6.45, 7) is -0.481. The molecule has 0 unspecified atom stereocenters. The first-order valence-electron chi connectivity index (χ1n) is 8.81. The number of carbonyl (C=O) groups excluding carboxylic acids is 2. The van der Waals surface area contributed by atoms with E-state index in [2.05, 4.69) is 10.3 Å². The Balaban J connectivity index is 1.94. The number of hydrogen-bond acceptors (Lipinski definition) is 6. The van der Waals surface area contributed by atoms with Crippen molar-refractivity contribution >= 4 is 23.0 Å². The first kappa shape index (κ1) is 18.9. The number of methoxy groups -OCH3 is 1. The van der Waals surface area contributed by atoms with Gasteiger partial charge in [0.15, 0.2) is 11.2 Å². The zero-order valence-corrected chi connectivity index (χ0v) is 15.7. The Kier molecular flexibility index (Phi) is 4.90. The summed E-state index contributed by atoms with van der Waals surface area (Å²) in [6, 6.07) is 0. The van der Waals surface area contributed by atoms with Crippen LogP contribution in [0.15, 0.2) is 15.9 Å². The fraction of sp³-hybridized carbons (Fsp3) is 0.588. The average Bonchev–Trinajstić information content (AvgIpc) is 3.05. The van der Waals surface area contributed by atoms with Crippen LogP contribution in [0.25, 0.3) is 11.2 Å². The maximum Gasteiger partial charge on any atom is 0.332 e. The molecule has 1 N–H and O–H groups in total. The maximum absolute atomic E-state index is 12.7. The Labute approximate surface area is 154 Å². The molecular formula is C17H23N5O5. The predicted octanol–water partition coefficient (Wildman–Crippen LogP) is -0.574. The molecule has 0 radical (unpaired) electrons. The number of amides is 1. The molecule has 2 heterocycles. The number of imidazole rings is 1. The molecule has 1 aliphatic carbocycles. The lowest BCUT2D eigenvalue weighted by molar-refractivity contribution is -0.152. The van der Waals surface area contributed by atoms with E-state index in [1.165, 1.54) is 29.6 Å². The summed E-state index contributed by atoms with van der Waals surface area (Å²) in [6.07, 6.45) is 4.93. The fourth-order valence-electron chi connectivity index (χ4n) is 3.72. The van der Waals surface area contributed by atoms with Gasteiger partial charge in [-0.15, -0.1) is 0 Å². The Morgan fingerprint density at radius 3 is 2.52 bits per heavy atom. The van der Waals surface area contributed by atoms with Crippen LogP contribution >= 0.6 is 0 Å². The van der Waals surface area contributed by atoms with Crippen LogP contribution in [0.3, 0.4) is 0 Å². The van der Waals surface area contributed by atoms with Gasteiger partial charge in [-0.05, 0) is 12.8 Å². The van der Waals surface area contributed by atoms with E-state index in [4.69, 9.17) is 4.74 Å². The molecule has 10 heteroatoms. The van der Waals surface area contributed by atoms with Crippen molar-refractivity contribution in [2.75, 3.05) is 7.11 Å². The number of nitrogens with one attached hydrogen (secondary N) is 1. The summed E-state index contributed by atoms with van der Waals surface area (Å²) in [7, 11) is 4.41. The number of ether oxygens (including phenoxy) is 1. The molecule has 0 spiro atoms. The number of fused-ring (bicyclic) bond motifs is 1. The minimum absolute atomic E-state index is 0.227. The molecule has 2 aromatic rings. The quantitative estimate of drug-likeness (QED) is 0.713. The summed E-state index contributed by atoms with van der Waals surface area (Å²) < 4.78 is 8.45. The van der Waals surface area contributed by atoms with Gasteiger partial charge in [-0.3, -0.25) is 14.2 Å². The van der Waals surface area contributed by atoms with Crippen molar-refractivity contribution in [3.8, 4) is 0 Å². The van der Waals surface area contributed by atoms with Crippen LogP contribution in [0.1, 0.15) is 32.1 Å². The molecule has 27 heavy (non-hydrogen) atoms. The number of rotatable bonds is 4. The van der Waals surface area contributed by atoms with Gasteiger partial charge in [-0.25, -0.2) is 19.1 Å². The zero-order valence-electron chi connectivity index (χ0n) is 15.7. The summed E-state index contributed by atoms with van der Waals surface area (Å²) in [5.41, 5.74) is -1.86. The van der Waals surface area contributed by atoms with Gasteiger partial charge in [0.25, 0.3) is 5.56 Å². The second kappa shape index (κ2) is 7.01. The SMILES string of the molecule is COC(=O)C1(NC(=O)Cn2c(=O)c3c(ncn3C)n(C)c2=O)CCCCC1. The van der Waals surface area contributed by atoms with E-state index in [9.17, 15) is 19.2 Å². The average molecular weight is 377 g/mol. The summed E-state index contributed by atoms with van der Waals surface area (Å²) in [4.78, 5) is 54.2. The largest absolute Gasteiger partial charge is 0.467 e. The first-order valence-corrected chi connectivity index (χ1v) is 8.81. The normalized spacial score (nSPS) is 16.3. The lowest BCUT2D eigenvalue weighted by Gasteiger charge is -2.35. The third kappa shape index (κ3) is 3.15. The fourth-order valence-corrected chi connectivity index (χ4v) is 3.72. The van der Waals surface area contributed by atoms with E-state index in [0.29, 0.717) is 12.8 Å². The number of aryl methyl sites for hydroxylation is 2. The second-order valence-electron chi connectivity index (χ2n) is 6.94. The number of carbonyl (C=O) groups is 2. The van der Waals surface area contributed by atoms with Crippen molar-refractivity contribution in [1.29, 1.82) is 0 Å². The van der Waals surface area contributed by atoms with Crippen LogP contribution in [0.4, 0.5) is 0 Å². The molecule has 0 saturated heterocycles. The van der Waals surface area contributed by atoms with Crippen LogP contribution in [0.5, 0.6) is 0 Å². The molecule has 0 bridgehead atoms. The third-order valence-electron chi connectivity index (χ3n) is 5.16. The van der Waals surface area contributed by atoms with Crippen molar-refractivity contribution in [2.24, 2.45) is 14.1 Å². The van der Waals surface area contributed by atoms with Crippen LogP contribution in [-0.2, 0) is 35.0 Å². The van der Waals surface area contributed by atoms with Gasteiger partial charge in [0.05, 0.1) is 13.4 Å². The van der Waals surface area contributed by atoms with Crippen LogP contribution in [0, 0.1) is 0 Å². The highest BCUT2D eigenvalue weighted by atomic mass is 16.5. The van der Waals surface area contributed by atoms with Crippen LogP contribution in [0.2, 0.25) is 0 Å². The highest BCUT2D eigenvalue weighted by molar-refractivity contribution is 5.88. The number of aromatic nitrogens is 4. The Bertz CT molecular complexity index is 1010. The van der Waals surface area contributed by atoms with Crippen molar-refractivity contribution in [3.63, 3.8) is 0 Å². The highest BCUT2D eigenvalue weighted by Crippen LogP contribution is 2.29. The number of nitrogens with zero attached hydrogens (tertiary/aromatic N) is 4. The molecule has 1 aliphatic rings. The van der Waals surface area contributed by atoms with E-state index in [1.54, 1.807) is 7.05 Å². The molecule has 0 aliphatic heterocycles. The van der Waals surface area contributed by atoms with Gasteiger partial charge in [0.2, 0.25) is 5.91 Å². The molecular weight excluding hydrogens is 354 g/mol. The topological polar surface area (TPSA) is 117 Å². The van der Waals surface area contributed by atoms with Crippen molar-refractivity contribution < 1.29 is 14.3 Å². The molecule has 1 fully saturated rings. The molecule has 10 nitrogen and oxygen atoms in total. The Morgan fingerprint density at radius 1 is 1.22 bits per heavy atom. The zero-order chi connectivity index (χ0) is 19.8. The summed E-state index contributed by atoms with van der Waals surface area (Å²) >= 11 is 0. The standard InChI is InChI=1S/C17H23N5O5/c1-20-10-18-13-12(20)14(24)22(16(26)21(13)2)9-11(23)19-17(15(25)27-3)7-5-4-6-8-17/h10H,4-9H2,1-3H3,(H,19,23). The van der Waals surface area contributed by atoms with Crippen LogP contribution in [-0.4, -0.2) is 43.2 Å². The molecule has 2 aromatic heterocycles. The maximum atomic E-state index is 12.7. The van der Waals surface area contributed by atoms with E-state index in [0.717, 1.165) is 23.8 Å². The predicted molar refractivity (Wildman–Crippen MR) is 96.2 cm³/mol. The molecule has 1 amide bonds. The Morgan fingerprint density at radius 2 is 1.89 bits per heavy atom. The Hall–Kier alpha value is -2.91. The molecule has 3 rings (SSSR count). The van der Waals surface area contributed by atoms with Crippen molar-refractivity contribution in [3.05, 3.63) is 27.2 Å². The second-order valence-corrected chi connectivity index (χ2v) is 6.94. The van der Waals surface area contributed by atoms with E-state index in [-0.39, 0.29) is 11.2 Å². The van der Waals surface area contributed by atoms with Gasteiger partial charge in [-0.1, -0.05) is 19.3 Å². The lowest BCUT2D eigenvalue weighted by Crippen LogP contribution is -2.57. The minimum Gasteiger partial charge on any atom is -0.467 e. The van der Waals surface area contributed by atoms with Crippen molar-refractivity contribution in [2.45, 2.75) is 44.2 Å². The number of hydrogen-bond donors (Lipinski definition) is 1. The van der Waals surface area contributed by atoms with Gasteiger partial charge in [0.1, 0.15) is 12.1 Å². The van der Waals surface area contributed by atoms with Gasteiger partial charge < -0.3 is 14.6 Å². The number of esters is 1.